The van der Waals surface area contributed by atoms with Gasteiger partial charge in [-0.15, -0.1) is 0 Å². The number of anilines is 1. The van der Waals surface area contributed by atoms with Crippen LogP contribution in [0, 0.1) is 12.7 Å². The van der Waals surface area contributed by atoms with Crippen molar-refractivity contribution in [1.29, 1.82) is 0 Å². The van der Waals surface area contributed by atoms with Gasteiger partial charge in [0, 0.05) is 11.1 Å². The quantitative estimate of drug-likeness (QED) is 0.397. The summed E-state index contributed by atoms with van der Waals surface area (Å²) in [5.41, 5.74) is 3.48. The highest BCUT2D eigenvalue weighted by Crippen LogP contribution is 2.26. The molecule has 0 aliphatic carbocycles. The van der Waals surface area contributed by atoms with Gasteiger partial charge in [0.05, 0.1) is 25.5 Å². The maximum absolute atomic E-state index is 14.1. The van der Waals surface area contributed by atoms with Crippen LogP contribution in [0.1, 0.15) is 11.1 Å². The van der Waals surface area contributed by atoms with Crippen LogP contribution in [0.15, 0.2) is 77.9 Å². The number of rotatable bonds is 6. The van der Waals surface area contributed by atoms with Crippen LogP contribution in [-0.4, -0.2) is 27.1 Å². The van der Waals surface area contributed by atoms with E-state index < -0.39 is 5.82 Å². The third-order valence-electron chi connectivity index (χ3n) is 5.94. The molecule has 176 valence electrons. The predicted molar refractivity (Wildman–Crippen MR) is 133 cm³/mol. The van der Waals surface area contributed by atoms with Gasteiger partial charge in [-0.3, -0.25) is 14.2 Å². The highest BCUT2D eigenvalue weighted by molar-refractivity contribution is 6.06. The molecule has 0 saturated carbocycles. The largest absolute Gasteiger partial charge is 0.497 e. The lowest BCUT2D eigenvalue weighted by molar-refractivity contribution is -0.116. The van der Waals surface area contributed by atoms with Crippen LogP contribution in [0.3, 0.4) is 0 Å². The fraction of sp³-hybridized carbons (Fsp3) is 0.148. The summed E-state index contributed by atoms with van der Waals surface area (Å²) in [6.07, 6.45) is 1.45. The molecule has 0 radical (unpaired) electrons. The van der Waals surface area contributed by atoms with E-state index in [-0.39, 0.29) is 30.1 Å². The molecule has 0 bridgehead atoms. The Balaban J connectivity index is 1.57. The van der Waals surface area contributed by atoms with Crippen molar-refractivity contribution in [2.75, 3.05) is 12.4 Å². The molecule has 3 aromatic carbocycles. The van der Waals surface area contributed by atoms with Gasteiger partial charge in [0.2, 0.25) is 5.91 Å². The van der Waals surface area contributed by atoms with Gasteiger partial charge >= 0.3 is 0 Å². The van der Waals surface area contributed by atoms with Gasteiger partial charge in [-0.25, -0.2) is 9.37 Å². The van der Waals surface area contributed by atoms with Crippen LogP contribution in [0.5, 0.6) is 5.75 Å². The molecule has 5 aromatic rings. The van der Waals surface area contributed by atoms with Crippen LogP contribution >= 0.6 is 0 Å². The van der Waals surface area contributed by atoms with Gasteiger partial charge in [0.15, 0.2) is 0 Å². The second-order valence-electron chi connectivity index (χ2n) is 8.38. The first-order valence-corrected chi connectivity index (χ1v) is 11.1. The van der Waals surface area contributed by atoms with Crippen molar-refractivity contribution in [2.45, 2.75) is 20.0 Å². The number of methoxy groups -OCH3 is 1. The Morgan fingerprint density at radius 3 is 2.51 bits per heavy atom. The first-order valence-electron chi connectivity index (χ1n) is 11.1. The van der Waals surface area contributed by atoms with Gasteiger partial charge in [0.1, 0.15) is 29.1 Å². The summed E-state index contributed by atoms with van der Waals surface area (Å²) in [6, 6.07) is 19.0. The number of nitrogens with one attached hydrogen (secondary N) is 1. The van der Waals surface area contributed by atoms with E-state index in [0.717, 1.165) is 16.9 Å². The fourth-order valence-corrected chi connectivity index (χ4v) is 4.16. The normalized spacial score (nSPS) is 11.2. The molecule has 1 amide bonds. The molecule has 1 N–H and O–H groups in total. The lowest BCUT2D eigenvalue weighted by Gasteiger charge is -2.10. The van der Waals surface area contributed by atoms with Crippen LogP contribution in [-0.2, 0) is 17.9 Å². The second-order valence-corrected chi connectivity index (χ2v) is 8.38. The monoisotopic (exact) mass is 470 g/mol. The first-order chi connectivity index (χ1) is 16.9. The van der Waals surface area contributed by atoms with E-state index in [9.17, 15) is 14.0 Å². The van der Waals surface area contributed by atoms with Gasteiger partial charge < -0.3 is 14.6 Å². The van der Waals surface area contributed by atoms with E-state index in [1.165, 1.54) is 23.0 Å². The lowest BCUT2D eigenvalue weighted by atomic mass is 10.2. The van der Waals surface area contributed by atoms with Crippen molar-refractivity contribution in [3.05, 3.63) is 100 Å². The molecule has 7 nitrogen and oxygen atoms in total. The molecular formula is C27H23FN4O3. The molecule has 0 saturated heterocycles. The van der Waals surface area contributed by atoms with Crippen LogP contribution in [0.25, 0.3) is 21.9 Å². The smallest absolute Gasteiger partial charge is 0.278 e. The minimum atomic E-state index is -0.440. The number of ether oxygens (including phenoxy) is 1. The van der Waals surface area contributed by atoms with E-state index in [2.05, 4.69) is 10.3 Å². The van der Waals surface area contributed by atoms with Crippen molar-refractivity contribution in [3.8, 4) is 5.75 Å². The molecule has 0 aliphatic rings. The molecule has 0 spiro atoms. The number of halogens is 1. The molecule has 0 aliphatic heterocycles. The molecule has 0 unspecified atom stereocenters. The predicted octanol–water partition coefficient (Wildman–Crippen LogP) is 4.49. The average molecular weight is 471 g/mol. The minimum absolute atomic E-state index is 0.122. The number of carbonyl (C=O) groups is 1. The maximum Gasteiger partial charge on any atom is 0.278 e. The van der Waals surface area contributed by atoms with Gasteiger partial charge in [-0.1, -0.05) is 29.8 Å². The molecule has 8 heteroatoms. The van der Waals surface area contributed by atoms with Crippen molar-refractivity contribution in [2.24, 2.45) is 0 Å². The van der Waals surface area contributed by atoms with Gasteiger partial charge in [-0.05, 0) is 55.0 Å². The Bertz CT molecular complexity index is 1600. The number of aromatic nitrogens is 3. The number of hydrogen-bond donors (Lipinski definition) is 1. The summed E-state index contributed by atoms with van der Waals surface area (Å²) in [5.74, 6) is -0.0248. The molecule has 35 heavy (non-hydrogen) atoms. The summed E-state index contributed by atoms with van der Waals surface area (Å²) >= 11 is 0. The summed E-state index contributed by atoms with van der Waals surface area (Å²) in [6.45, 7) is 2.13. The molecule has 0 atom stereocenters. The number of carbonyl (C=O) groups excluding carboxylic acids is 1. The van der Waals surface area contributed by atoms with E-state index >= 15 is 0 Å². The number of nitrogens with zero attached hydrogens (tertiary/aromatic N) is 3. The summed E-state index contributed by atoms with van der Waals surface area (Å²) in [7, 11) is 1.59. The zero-order valence-electron chi connectivity index (χ0n) is 19.3. The molecule has 5 rings (SSSR count). The van der Waals surface area contributed by atoms with Crippen molar-refractivity contribution >= 4 is 33.5 Å². The number of amides is 1. The fourth-order valence-electron chi connectivity index (χ4n) is 4.16. The number of hydrogen-bond acceptors (Lipinski definition) is 4. The Labute approximate surface area is 200 Å². The Morgan fingerprint density at radius 1 is 1.06 bits per heavy atom. The van der Waals surface area contributed by atoms with E-state index in [0.29, 0.717) is 22.1 Å². The van der Waals surface area contributed by atoms with Crippen molar-refractivity contribution in [1.82, 2.24) is 14.1 Å². The molecule has 0 fully saturated rings. The summed E-state index contributed by atoms with van der Waals surface area (Å²) in [4.78, 5) is 31.0. The van der Waals surface area contributed by atoms with Crippen molar-refractivity contribution < 1.29 is 13.9 Å². The average Bonchev–Trinajstić information content (AvgIpc) is 3.15. The van der Waals surface area contributed by atoms with Crippen LogP contribution < -0.4 is 15.6 Å². The first kappa shape index (κ1) is 22.3. The summed E-state index contributed by atoms with van der Waals surface area (Å²) in [5, 5.41) is 3.34. The highest BCUT2D eigenvalue weighted by atomic mass is 19.1. The van der Waals surface area contributed by atoms with E-state index in [4.69, 9.17) is 4.74 Å². The van der Waals surface area contributed by atoms with Crippen LogP contribution in [0.4, 0.5) is 10.1 Å². The lowest BCUT2D eigenvalue weighted by Crippen LogP contribution is -2.25. The Kier molecular flexibility index (Phi) is 5.78. The standard InChI is InChI=1S/C27H23FN4O3/c1-17-3-8-20(9-4-17)30-24(33)15-32-23-12-7-19(28)13-22(23)25-26(32)27(34)31(16-29-25)14-18-5-10-21(35-2)11-6-18/h3-13,16H,14-15H2,1-2H3,(H,30,33). The minimum Gasteiger partial charge on any atom is -0.497 e. The SMILES string of the molecule is COc1ccc(Cn2cnc3c4cc(F)ccc4n(CC(=O)Nc4ccc(C)cc4)c3c2=O)cc1. The van der Waals surface area contributed by atoms with Gasteiger partial charge in [-0.2, -0.15) is 0 Å². The second kappa shape index (κ2) is 9.06. The topological polar surface area (TPSA) is 78.2 Å². The Morgan fingerprint density at radius 2 is 1.80 bits per heavy atom. The third kappa shape index (κ3) is 4.38. The molecule has 2 aromatic heterocycles. The maximum atomic E-state index is 14.1. The van der Waals surface area contributed by atoms with Crippen molar-refractivity contribution in [3.63, 3.8) is 0 Å². The summed E-state index contributed by atoms with van der Waals surface area (Å²) < 4.78 is 22.4. The highest BCUT2D eigenvalue weighted by Gasteiger charge is 2.19. The van der Waals surface area contributed by atoms with E-state index in [1.807, 2.05) is 55.5 Å². The van der Waals surface area contributed by atoms with E-state index in [1.54, 1.807) is 17.7 Å². The van der Waals surface area contributed by atoms with Gasteiger partial charge in [0.25, 0.3) is 5.56 Å². The Hall–Kier alpha value is -4.46. The number of benzene rings is 3. The molecular weight excluding hydrogens is 447 g/mol. The molecule has 2 heterocycles. The third-order valence-corrected chi connectivity index (χ3v) is 5.94. The number of fused-ring (bicyclic) bond motifs is 3. The zero-order valence-corrected chi connectivity index (χ0v) is 19.3. The van der Waals surface area contributed by atoms with Crippen LogP contribution in [0.2, 0.25) is 0 Å². The number of aryl methyl sites for hydroxylation is 1. The zero-order chi connectivity index (χ0) is 24.5.